The highest BCUT2D eigenvalue weighted by Crippen LogP contribution is 2.30. The molecule has 1 aliphatic rings. The van der Waals surface area contributed by atoms with E-state index in [1.54, 1.807) is 0 Å². The van der Waals surface area contributed by atoms with Crippen LogP contribution in [-0.2, 0) is 4.74 Å². The highest BCUT2D eigenvalue weighted by Gasteiger charge is 2.20. The van der Waals surface area contributed by atoms with Gasteiger partial charge in [0.25, 0.3) is 0 Å². The molecule has 1 N–H and O–H groups in total. The van der Waals surface area contributed by atoms with Crippen LogP contribution in [0.5, 0.6) is 0 Å². The van der Waals surface area contributed by atoms with E-state index in [1.165, 1.54) is 19.3 Å². The molecule has 1 saturated carbocycles. The third kappa shape index (κ3) is 3.55. The second-order valence-electron chi connectivity index (χ2n) is 3.67. The molecule has 0 heterocycles. The maximum atomic E-state index is 9.53. The summed E-state index contributed by atoms with van der Waals surface area (Å²) in [4.78, 5) is 0. The molecule has 0 aliphatic heterocycles. The minimum absolute atomic E-state index is 0.123. The molecule has 12 heavy (non-hydrogen) atoms. The molecule has 0 aromatic heterocycles. The second kappa shape index (κ2) is 5.55. The smallest absolute Gasteiger partial charge is 0.0564 e. The Labute approximate surface area is 74.9 Å². The van der Waals surface area contributed by atoms with Crippen molar-refractivity contribution in [2.75, 3.05) is 13.2 Å². The number of ether oxygens (including phenoxy) is 1. The Morgan fingerprint density at radius 3 is 2.75 bits per heavy atom. The molecule has 0 spiro atoms. The molecule has 0 amide bonds. The Morgan fingerprint density at radius 2 is 2.25 bits per heavy atom. The van der Waals surface area contributed by atoms with Crippen molar-refractivity contribution in [3.8, 4) is 0 Å². The van der Waals surface area contributed by atoms with Crippen molar-refractivity contribution in [2.24, 2.45) is 5.92 Å². The topological polar surface area (TPSA) is 29.5 Å². The summed E-state index contributed by atoms with van der Waals surface area (Å²) in [5.41, 5.74) is 0. The fraction of sp³-hybridized carbons (Fsp3) is 1.00. The second-order valence-corrected chi connectivity index (χ2v) is 3.67. The van der Waals surface area contributed by atoms with Crippen LogP contribution in [0.3, 0.4) is 0 Å². The lowest BCUT2D eigenvalue weighted by atomic mass is 9.81. The zero-order chi connectivity index (χ0) is 8.81. The molecule has 2 nitrogen and oxygen atoms in total. The molecule has 0 radical (unpaired) electrons. The van der Waals surface area contributed by atoms with Crippen LogP contribution >= 0.6 is 0 Å². The summed E-state index contributed by atoms with van der Waals surface area (Å²) in [6, 6.07) is 0. The first-order valence-corrected chi connectivity index (χ1v) is 5.08. The van der Waals surface area contributed by atoms with E-state index in [2.05, 4.69) is 0 Å². The molecule has 1 aliphatic carbocycles. The number of aliphatic hydroxyl groups excluding tert-OH is 1. The van der Waals surface area contributed by atoms with Gasteiger partial charge in [-0.05, 0) is 25.7 Å². The fourth-order valence-electron chi connectivity index (χ4n) is 1.59. The van der Waals surface area contributed by atoms with Crippen LogP contribution in [0.4, 0.5) is 0 Å². The minimum atomic E-state index is -0.123. The number of aliphatic hydroxyl groups is 1. The van der Waals surface area contributed by atoms with Gasteiger partial charge in [-0.25, -0.2) is 0 Å². The van der Waals surface area contributed by atoms with Crippen molar-refractivity contribution in [1.29, 1.82) is 0 Å². The van der Waals surface area contributed by atoms with Crippen LogP contribution in [0.25, 0.3) is 0 Å². The Morgan fingerprint density at radius 1 is 1.50 bits per heavy atom. The van der Waals surface area contributed by atoms with E-state index in [4.69, 9.17) is 4.74 Å². The van der Waals surface area contributed by atoms with Crippen molar-refractivity contribution in [3.63, 3.8) is 0 Å². The highest BCUT2D eigenvalue weighted by atomic mass is 16.5. The Bertz CT molecular complexity index is 110. The van der Waals surface area contributed by atoms with Gasteiger partial charge >= 0.3 is 0 Å². The van der Waals surface area contributed by atoms with E-state index in [0.717, 1.165) is 25.4 Å². The van der Waals surface area contributed by atoms with Crippen molar-refractivity contribution in [2.45, 2.75) is 45.1 Å². The first-order chi connectivity index (χ1) is 5.83. The van der Waals surface area contributed by atoms with Crippen LogP contribution in [-0.4, -0.2) is 24.4 Å². The lowest BCUT2D eigenvalue weighted by Gasteiger charge is -2.27. The van der Waals surface area contributed by atoms with Crippen LogP contribution < -0.4 is 0 Å². The Hall–Kier alpha value is -0.0800. The predicted molar refractivity (Wildman–Crippen MR) is 49.1 cm³/mol. The number of rotatable bonds is 6. The van der Waals surface area contributed by atoms with Crippen LogP contribution in [0.1, 0.15) is 39.0 Å². The average molecular weight is 172 g/mol. The standard InChI is InChI=1S/C10H20O2/c1-2-12-7-6-10(11)8-9-4-3-5-9/h9-11H,2-8H2,1H3. The zero-order valence-corrected chi connectivity index (χ0v) is 7.96. The van der Waals surface area contributed by atoms with Crippen molar-refractivity contribution >= 4 is 0 Å². The monoisotopic (exact) mass is 172 g/mol. The fourth-order valence-corrected chi connectivity index (χ4v) is 1.59. The molecule has 0 aromatic carbocycles. The van der Waals surface area contributed by atoms with Gasteiger partial charge in [0.2, 0.25) is 0 Å². The Balaban J connectivity index is 1.91. The SMILES string of the molecule is CCOCCC(O)CC1CCC1. The maximum Gasteiger partial charge on any atom is 0.0564 e. The summed E-state index contributed by atoms with van der Waals surface area (Å²) in [5.74, 6) is 0.807. The van der Waals surface area contributed by atoms with Crippen molar-refractivity contribution in [1.82, 2.24) is 0 Å². The first-order valence-electron chi connectivity index (χ1n) is 5.08. The lowest BCUT2D eigenvalue weighted by molar-refractivity contribution is 0.0650. The molecule has 0 saturated heterocycles. The van der Waals surface area contributed by atoms with Gasteiger partial charge in [0.1, 0.15) is 0 Å². The van der Waals surface area contributed by atoms with Crippen molar-refractivity contribution < 1.29 is 9.84 Å². The van der Waals surface area contributed by atoms with E-state index in [-0.39, 0.29) is 6.10 Å². The van der Waals surface area contributed by atoms with Crippen molar-refractivity contribution in [3.05, 3.63) is 0 Å². The summed E-state index contributed by atoms with van der Waals surface area (Å²) >= 11 is 0. The van der Waals surface area contributed by atoms with E-state index in [1.807, 2.05) is 6.92 Å². The summed E-state index contributed by atoms with van der Waals surface area (Å²) in [5, 5.41) is 9.53. The van der Waals surface area contributed by atoms with Crippen LogP contribution in [0.15, 0.2) is 0 Å². The largest absolute Gasteiger partial charge is 0.393 e. The average Bonchev–Trinajstić information content (AvgIpc) is 1.98. The molecule has 0 bridgehead atoms. The highest BCUT2D eigenvalue weighted by molar-refractivity contribution is 4.72. The quantitative estimate of drug-likeness (QED) is 0.621. The summed E-state index contributed by atoms with van der Waals surface area (Å²) in [7, 11) is 0. The molecule has 1 fully saturated rings. The lowest BCUT2D eigenvalue weighted by Crippen LogP contribution is -2.20. The molecular weight excluding hydrogens is 152 g/mol. The van der Waals surface area contributed by atoms with Crippen LogP contribution in [0, 0.1) is 5.92 Å². The van der Waals surface area contributed by atoms with Gasteiger partial charge in [-0.1, -0.05) is 19.3 Å². The third-order valence-corrected chi connectivity index (χ3v) is 2.63. The molecule has 1 rings (SSSR count). The maximum absolute atomic E-state index is 9.53. The van der Waals surface area contributed by atoms with Gasteiger partial charge < -0.3 is 9.84 Å². The van der Waals surface area contributed by atoms with E-state index in [0.29, 0.717) is 6.61 Å². The summed E-state index contributed by atoms with van der Waals surface area (Å²) in [6.45, 7) is 3.46. The normalized spacial score (nSPS) is 20.5. The van der Waals surface area contributed by atoms with Gasteiger partial charge in [0.05, 0.1) is 6.10 Å². The van der Waals surface area contributed by atoms with E-state index in [9.17, 15) is 5.11 Å². The summed E-state index contributed by atoms with van der Waals surface area (Å²) in [6.07, 6.45) is 5.69. The Kier molecular flexibility index (Phi) is 4.62. The molecule has 2 heteroatoms. The zero-order valence-electron chi connectivity index (χ0n) is 7.96. The van der Waals surface area contributed by atoms with Gasteiger partial charge in [-0.3, -0.25) is 0 Å². The predicted octanol–water partition coefficient (Wildman–Crippen LogP) is 1.96. The number of hydrogen-bond donors (Lipinski definition) is 1. The molecule has 1 unspecified atom stereocenters. The van der Waals surface area contributed by atoms with Gasteiger partial charge in [-0.2, -0.15) is 0 Å². The minimum Gasteiger partial charge on any atom is -0.393 e. The molecule has 1 atom stereocenters. The van der Waals surface area contributed by atoms with E-state index < -0.39 is 0 Å². The molecule has 0 aromatic rings. The van der Waals surface area contributed by atoms with Gasteiger partial charge in [-0.15, -0.1) is 0 Å². The molecular formula is C10H20O2. The van der Waals surface area contributed by atoms with Gasteiger partial charge in [0, 0.05) is 13.2 Å². The van der Waals surface area contributed by atoms with E-state index >= 15 is 0 Å². The van der Waals surface area contributed by atoms with Crippen LogP contribution in [0.2, 0.25) is 0 Å². The third-order valence-electron chi connectivity index (χ3n) is 2.63. The number of hydrogen-bond acceptors (Lipinski definition) is 2. The first kappa shape index (κ1) is 10.0. The summed E-state index contributed by atoms with van der Waals surface area (Å²) < 4.78 is 5.18. The molecule has 72 valence electrons. The van der Waals surface area contributed by atoms with Gasteiger partial charge in [0.15, 0.2) is 0 Å².